The van der Waals surface area contributed by atoms with Gasteiger partial charge in [-0.3, -0.25) is 4.79 Å². The molecule has 118 valence electrons. The first-order chi connectivity index (χ1) is 10.5. The molecule has 1 aromatic heterocycles. The van der Waals surface area contributed by atoms with Crippen molar-refractivity contribution in [3.8, 4) is 0 Å². The van der Waals surface area contributed by atoms with Gasteiger partial charge in [-0.15, -0.1) is 0 Å². The number of nitrogens with zero attached hydrogens (tertiary/aromatic N) is 4. The molecule has 2 aromatic rings. The van der Waals surface area contributed by atoms with Gasteiger partial charge in [-0.25, -0.2) is 4.98 Å². The maximum Gasteiger partial charge on any atom is 0.254 e. The van der Waals surface area contributed by atoms with Gasteiger partial charge in [0.1, 0.15) is 5.82 Å². The summed E-state index contributed by atoms with van der Waals surface area (Å²) in [7, 11) is 2.09. The molecule has 0 bridgehead atoms. The zero-order chi connectivity index (χ0) is 15.9. The zero-order valence-electron chi connectivity index (χ0n) is 13.8. The van der Waals surface area contributed by atoms with Gasteiger partial charge in [-0.2, -0.15) is 0 Å². The summed E-state index contributed by atoms with van der Waals surface area (Å²) in [5.41, 5.74) is 2.75. The van der Waals surface area contributed by atoms with E-state index in [1.54, 1.807) is 0 Å². The van der Waals surface area contributed by atoms with Gasteiger partial charge >= 0.3 is 0 Å². The summed E-state index contributed by atoms with van der Waals surface area (Å²) >= 11 is 0. The van der Waals surface area contributed by atoms with Gasteiger partial charge in [0, 0.05) is 37.8 Å². The summed E-state index contributed by atoms with van der Waals surface area (Å²) in [6, 6.07) is 6.26. The Kier molecular flexibility index (Phi) is 3.91. The quantitative estimate of drug-likeness (QED) is 0.854. The van der Waals surface area contributed by atoms with E-state index in [-0.39, 0.29) is 5.91 Å². The van der Waals surface area contributed by atoms with Crippen molar-refractivity contribution < 1.29 is 4.79 Å². The second-order valence-corrected chi connectivity index (χ2v) is 6.42. The molecule has 5 nitrogen and oxygen atoms in total. The first-order valence-electron chi connectivity index (χ1n) is 7.94. The number of rotatable bonds is 2. The summed E-state index contributed by atoms with van der Waals surface area (Å²) in [6.07, 6.45) is 0. The van der Waals surface area contributed by atoms with E-state index in [0.717, 1.165) is 48.6 Å². The standard InChI is InChI=1S/C17H24N4O/c1-12(2)21-13(3)18-15-11-14(5-6-16(15)21)17(22)20-9-7-19(4)8-10-20/h5-6,11-12H,7-10H2,1-4H3. The summed E-state index contributed by atoms with van der Waals surface area (Å²) in [4.78, 5) is 21.5. The largest absolute Gasteiger partial charge is 0.336 e. The predicted molar refractivity (Wildman–Crippen MR) is 88.3 cm³/mol. The van der Waals surface area contributed by atoms with E-state index in [4.69, 9.17) is 0 Å². The van der Waals surface area contributed by atoms with Crippen LogP contribution in [-0.4, -0.2) is 58.5 Å². The second-order valence-electron chi connectivity index (χ2n) is 6.42. The van der Waals surface area contributed by atoms with E-state index in [9.17, 15) is 4.79 Å². The minimum atomic E-state index is 0.117. The number of hydrogen-bond donors (Lipinski definition) is 0. The van der Waals surface area contributed by atoms with Crippen LogP contribution in [0.4, 0.5) is 0 Å². The van der Waals surface area contributed by atoms with Crippen molar-refractivity contribution >= 4 is 16.9 Å². The molecule has 0 unspecified atom stereocenters. The van der Waals surface area contributed by atoms with Crippen molar-refractivity contribution in [3.05, 3.63) is 29.6 Å². The molecule has 0 atom stereocenters. The molecule has 22 heavy (non-hydrogen) atoms. The van der Waals surface area contributed by atoms with E-state index in [0.29, 0.717) is 6.04 Å². The van der Waals surface area contributed by atoms with Crippen molar-refractivity contribution in [2.45, 2.75) is 26.8 Å². The molecule has 1 fully saturated rings. The highest BCUT2D eigenvalue weighted by Gasteiger charge is 2.21. The summed E-state index contributed by atoms with van der Waals surface area (Å²) < 4.78 is 2.21. The van der Waals surface area contributed by atoms with Gasteiger partial charge in [0.05, 0.1) is 11.0 Å². The topological polar surface area (TPSA) is 41.4 Å². The van der Waals surface area contributed by atoms with Crippen LogP contribution in [0.25, 0.3) is 11.0 Å². The molecule has 1 aromatic carbocycles. The van der Waals surface area contributed by atoms with Crippen molar-refractivity contribution in [3.63, 3.8) is 0 Å². The number of hydrogen-bond acceptors (Lipinski definition) is 3. The summed E-state index contributed by atoms with van der Waals surface area (Å²) in [5, 5.41) is 0. The molecule has 1 aliphatic rings. The number of carbonyl (C=O) groups excluding carboxylic acids is 1. The zero-order valence-corrected chi connectivity index (χ0v) is 13.8. The SMILES string of the molecule is Cc1nc2cc(C(=O)N3CCN(C)CC3)ccc2n1C(C)C. The number of aromatic nitrogens is 2. The Morgan fingerprint density at radius 1 is 1.18 bits per heavy atom. The van der Waals surface area contributed by atoms with Crippen molar-refractivity contribution in [2.75, 3.05) is 33.2 Å². The lowest BCUT2D eigenvalue weighted by molar-refractivity contribution is 0.0664. The van der Waals surface area contributed by atoms with E-state index in [1.165, 1.54) is 0 Å². The highest BCUT2D eigenvalue weighted by Crippen LogP contribution is 2.22. The average molecular weight is 300 g/mol. The predicted octanol–water partition coefficient (Wildman–Crippen LogP) is 2.31. The van der Waals surface area contributed by atoms with Crippen LogP contribution in [0.3, 0.4) is 0 Å². The lowest BCUT2D eigenvalue weighted by atomic mass is 10.1. The van der Waals surface area contributed by atoms with E-state index in [2.05, 4.69) is 35.3 Å². The lowest BCUT2D eigenvalue weighted by Crippen LogP contribution is -2.47. The number of fused-ring (bicyclic) bond motifs is 1. The Morgan fingerprint density at radius 2 is 1.86 bits per heavy atom. The Labute approximate surface area is 131 Å². The monoisotopic (exact) mass is 300 g/mol. The molecular weight excluding hydrogens is 276 g/mol. The smallest absolute Gasteiger partial charge is 0.254 e. The molecule has 0 saturated carbocycles. The Morgan fingerprint density at radius 3 is 2.50 bits per heavy atom. The molecular formula is C17H24N4O. The fraction of sp³-hybridized carbons (Fsp3) is 0.529. The fourth-order valence-electron chi connectivity index (χ4n) is 3.20. The molecule has 0 spiro atoms. The minimum Gasteiger partial charge on any atom is -0.336 e. The highest BCUT2D eigenvalue weighted by atomic mass is 16.2. The fourth-order valence-corrected chi connectivity index (χ4v) is 3.20. The number of benzene rings is 1. The molecule has 3 rings (SSSR count). The first kappa shape index (κ1) is 15.0. The van der Waals surface area contributed by atoms with Gasteiger partial charge in [-0.1, -0.05) is 0 Å². The molecule has 0 radical (unpaired) electrons. The maximum atomic E-state index is 12.6. The van der Waals surface area contributed by atoms with Gasteiger partial charge in [-0.05, 0) is 46.0 Å². The second kappa shape index (κ2) is 5.72. The van der Waals surface area contributed by atoms with Crippen LogP contribution in [0.2, 0.25) is 0 Å². The Balaban J connectivity index is 1.90. The Hall–Kier alpha value is -1.88. The van der Waals surface area contributed by atoms with Crippen molar-refractivity contribution in [1.29, 1.82) is 0 Å². The molecule has 1 aliphatic heterocycles. The summed E-state index contributed by atoms with van der Waals surface area (Å²) in [5.74, 6) is 1.11. The number of likely N-dealkylation sites (N-methyl/N-ethyl adjacent to an activating group) is 1. The van der Waals surface area contributed by atoms with Crippen LogP contribution in [0.5, 0.6) is 0 Å². The van der Waals surface area contributed by atoms with E-state index < -0.39 is 0 Å². The Bertz CT molecular complexity index is 696. The molecule has 0 N–H and O–H groups in total. The van der Waals surface area contributed by atoms with Crippen LogP contribution in [0.15, 0.2) is 18.2 Å². The molecule has 5 heteroatoms. The van der Waals surface area contributed by atoms with Crippen molar-refractivity contribution in [1.82, 2.24) is 19.4 Å². The number of carbonyl (C=O) groups is 1. The number of aryl methyl sites for hydroxylation is 1. The molecule has 1 saturated heterocycles. The van der Waals surface area contributed by atoms with Gasteiger partial charge < -0.3 is 14.4 Å². The molecule has 1 amide bonds. The van der Waals surface area contributed by atoms with E-state index in [1.807, 2.05) is 30.0 Å². The van der Waals surface area contributed by atoms with Crippen molar-refractivity contribution in [2.24, 2.45) is 0 Å². The normalized spacial score (nSPS) is 16.7. The minimum absolute atomic E-state index is 0.117. The summed E-state index contributed by atoms with van der Waals surface area (Å²) in [6.45, 7) is 9.79. The van der Waals surface area contributed by atoms with Crippen LogP contribution in [-0.2, 0) is 0 Å². The number of imidazole rings is 1. The third-order valence-electron chi connectivity index (χ3n) is 4.42. The van der Waals surface area contributed by atoms with Crippen LogP contribution >= 0.6 is 0 Å². The number of piperazine rings is 1. The molecule has 0 aliphatic carbocycles. The third-order valence-corrected chi connectivity index (χ3v) is 4.42. The average Bonchev–Trinajstić information content (AvgIpc) is 2.82. The van der Waals surface area contributed by atoms with Crippen LogP contribution in [0.1, 0.15) is 36.1 Å². The van der Waals surface area contributed by atoms with Crippen LogP contribution in [0, 0.1) is 6.92 Å². The van der Waals surface area contributed by atoms with Gasteiger partial charge in [0.25, 0.3) is 5.91 Å². The number of amides is 1. The highest BCUT2D eigenvalue weighted by molar-refractivity contribution is 5.97. The third kappa shape index (κ3) is 2.61. The maximum absolute atomic E-state index is 12.6. The molecule has 2 heterocycles. The first-order valence-corrected chi connectivity index (χ1v) is 7.94. The van der Waals surface area contributed by atoms with Gasteiger partial charge in [0.15, 0.2) is 0 Å². The van der Waals surface area contributed by atoms with E-state index >= 15 is 0 Å². The van der Waals surface area contributed by atoms with Gasteiger partial charge in [0.2, 0.25) is 0 Å². The lowest BCUT2D eigenvalue weighted by Gasteiger charge is -2.32. The van der Waals surface area contributed by atoms with Crippen LogP contribution < -0.4 is 0 Å².